The van der Waals surface area contributed by atoms with Crippen molar-refractivity contribution in [3.05, 3.63) is 101 Å². The van der Waals surface area contributed by atoms with E-state index >= 15 is 0 Å². The van der Waals surface area contributed by atoms with Crippen molar-refractivity contribution < 1.29 is 23.5 Å². The van der Waals surface area contributed by atoms with Crippen LogP contribution in [0.4, 0.5) is 14.9 Å². The molecule has 1 fully saturated rings. The van der Waals surface area contributed by atoms with Gasteiger partial charge in [0, 0.05) is 22.7 Å². The molecule has 3 aromatic carbocycles. The van der Waals surface area contributed by atoms with Crippen molar-refractivity contribution in [3.63, 3.8) is 0 Å². The monoisotopic (exact) mass is 497 g/mol. The van der Waals surface area contributed by atoms with Crippen molar-refractivity contribution in [1.29, 1.82) is 0 Å². The summed E-state index contributed by atoms with van der Waals surface area (Å²) in [5.41, 5.74) is 3.87. The minimum atomic E-state index is -0.885. The van der Waals surface area contributed by atoms with E-state index in [1.165, 1.54) is 23.8 Å². The molecule has 0 atom stereocenters. The number of para-hydroxylation sites is 1. The number of ether oxygens (including phenoxy) is 1. The first kappa shape index (κ1) is 24.0. The van der Waals surface area contributed by atoms with Gasteiger partial charge in [-0.1, -0.05) is 24.3 Å². The van der Waals surface area contributed by atoms with Gasteiger partial charge in [0.05, 0.1) is 12.2 Å². The van der Waals surface area contributed by atoms with Crippen LogP contribution in [0.3, 0.4) is 0 Å². The summed E-state index contributed by atoms with van der Waals surface area (Å²) in [6, 6.07) is 17.6. The van der Waals surface area contributed by atoms with Crippen LogP contribution in [0.5, 0.6) is 5.75 Å². The number of amides is 4. The van der Waals surface area contributed by atoms with Gasteiger partial charge >= 0.3 is 6.03 Å². The third kappa shape index (κ3) is 4.73. The number of rotatable bonds is 6. The van der Waals surface area contributed by atoms with Gasteiger partial charge in [-0.3, -0.25) is 14.9 Å². The summed E-state index contributed by atoms with van der Waals surface area (Å²) in [6.45, 7) is 5.04. The molecule has 186 valence electrons. The second kappa shape index (κ2) is 9.73. The van der Waals surface area contributed by atoms with E-state index in [-0.39, 0.29) is 11.3 Å². The molecule has 1 aliphatic rings. The molecule has 7 nitrogen and oxygen atoms in total. The van der Waals surface area contributed by atoms with Crippen molar-refractivity contribution in [2.45, 2.75) is 20.4 Å². The van der Waals surface area contributed by atoms with Gasteiger partial charge in [-0.2, -0.15) is 0 Å². The second-order valence-corrected chi connectivity index (χ2v) is 8.82. The number of imide groups is 2. The number of barbiturate groups is 1. The Labute approximate surface area is 212 Å². The van der Waals surface area contributed by atoms with Crippen molar-refractivity contribution in [2.24, 2.45) is 0 Å². The molecule has 4 aromatic rings. The van der Waals surface area contributed by atoms with Gasteiger partial charge in [-0.25, -0.2) is 14.1 Å². The lowest BCUT2D eigenvalue weighted by molar-refractivity contribution is -0.122. The number of aromatic nitrogens is 1. The van der Waals surface area contributed by atoms with Gasteiger partial charge in [-0.15, -0.1) is 0 Å². The maximum atomic E-state index is 13.4. The number of hydrogen-bond donors (Lipinski definition) is 1. The van der Waals surface area contributed by atoms with Crippen molar-refractivity contribution in [2.75, 3.05) is 11.5 Å². The largest absolute Gasteiger partial charge is 0.492 e. The number of nitrogens with one attached hydrogen (secondary N) is 1. The molecule has 0 unspecified atom stereocenters. The Morgan fingerprint density at radius 1 is 0.946 bits per heavy atom. The summed E-state index contributed by atoms with van der Waals surface area (Å²) in [6.07, 6.45) is 3.32. The van der Waals surface area contributed by atoms with Crippen LogP contribution in [-0.4, -0.2) is 29.0 Å². The van der Waals surface area contributed by atoms with Crippen LogP contribution >= 0.6 is 0 Å². The number of nitrogens with zero attached hydrogens (tertiary/aromatic N) is 2. The van der Waals surface area contributed by atoms with Crippen LogP contribution in [0, 0.1) is 19.7 Å². The normalized spacial score (nSPS) is 14.9. The predicted molar refractivity (Wildman–Crippen MR) is 139 cm³/mol. The summed E-state index contributed by atoms with van der Waals surface area (Å²) in [4.78, 5) is 39.1. The number of benzene rings is 3. The molecular weight excluding hydrogens is 473 g/mol. The maximum absolute atomic E-state index is 13.4. The molecule has 5 rings (SSSR count). The highest BCUT2D eigenvalue weighted by molar-refractivity contribution is 6.39. The van der Waals surface area contributed by atoms with Gasteiger partial charge in [0.15, 0.2) is 0 Å². The highest BCUT2D eigenvalue weighted by atomic mass is 19.1. The Hall–Kier alpha value is -4.72. The maximum Gasteiger partial charge on any atom is 0.335 e. The van der Waals surface area contributed by atoms with E-state index in [1.807, 2.05) is 67.1 Å². The van der Waals surface area contributed by atoms with E-state index in [1.54, 1.807) is 0 Å². The zero-order valence-corrected chi connectivity index (χ0v) is 20.3. The Kier molecular flexibility index (Phi) is 6.31. The lowest BCUT2D eigenvalue weighted by atomic mass is 10.1. The Bertz CT molecular complexity index is 1570. The molecular formula is C29H24FN3O4. The topological polar surface area (TPSA) is 80.6 Å². The number of carbonyl (C=O) groups is 3. The third-order valence-corrected chi connectivity index (χ3v) is 6.39. The van der Waals surface area contributed by atoms with Crippen LogP contribution in [0.15, 0.2) is 78.5 Å². The van der Waals surface area contributed by atoms with E-state index in [4.69, 9.17) is 4.74 Å². The van der Waals surface area contributed by atoms with Crippen LogP contribution in [-0.2, 0) is 16.1 Å². The number of urea groups is 1. The molecule has 0 saturated carbocycles. The summed E-state index contributed by atoms with van der Waals surface area (Å²) in [5, 5.41) is 3.04. The minimum Gasteiger partial charge on any atom is -0.492 e. The van der Waals surface area contributed by atoms with E-state index in [0.717, 1.165) is 39.2 Å². The van der Waals surface area contributed by atoms with Gasteiger partial charge in [0.1, 0.15) is 23.7 Å². The van der Waals surface area contributed by atoms with E-state index in [2.05, 4.69) is 5.32 Å². The molecule has 4 amide bonds. The summed E-state index contributed by atoms with van der Waals surface area (Å²) in [7, 11) is 0. The SMILES string of the molecule is Cc1ccc(OCCn2cc(C=C3C(=O)NC(=O)N(c4ccc(F)cc4)C3=O)c3ccccc32)cc1C. The fourth-order valence-electron chi connectivity index (χ4n) is 4.28. The minimum absolute atomic E-state index is 0.160. The van der Waals surface area contributed by atoms with Gasteiger partial charge in [-0.05, 0) is 73.5 Å². The molecule has 0 spiro atoms. The molecule has 2 heterocycles. The summed E-state index contributed by atoms with van der Waals surface area (Å²) >= 11 is 0. The second-order valence-electron chi connectivity index (χ2n) is 8.82. The third-order valence-electron chi connectivity index (χ3n) is 6.39. The van der Waals surface area contributed by atoms with E-state index < -0.39 is 23.7 Å². The Morgan fingerprint density at radius 2 is 1.70 bits per heavy atom. The van der Waals surface area contributed by atoms with Crippen molar-refractivity contribution in [1.82, 2.24) is 9.88 Å². The quantitative estimate of drug-likeness (QED) is 0.295. The van der Waals surface area contributed by atoms with E-state index in [9.17, 15) is 18.8 Å². The average molecular weight is 498 g/mol. The highest BCUT2D eigenvalue weighted by Gasteiger charge is 2.37. The van der Waals surface area contributed by atoms with Crippen LogP contribution in [0.2, 0.25) is 0 Å². The van der Waals surface area contributed by atoms with Crippen LogP contribution in [0.25, 0.3) is 17.0 Å². The predicted octanol–water partition coefficient (Wildman–Crippen LogP) is 5.14. The van der Waals surface area contributed by atoms with Crippen molar-refractivity contribution in [3.8, 4) is 5.75 Å². The molecule has 1 aromatic heterocycles. The van der Waals surface area contributed by atoms with Gasteiger partial charge < -0.3 is 9.30 Å². The van der Waals surface area contributed by atoms with Gasteiger partial charge in [0.2, 0.25) is 0 Å². The number of hydrogen-bond acceptors (Lipinski definition) is 4. The molecule has 1 saturated heterocycles. The van der Waals surface area contributed by atoms with Crippen LogP contribution in [0.1, 0.15) is 16.7 Å². The number of aryl methyl sites for hydroxylation is 2. The number of anilines is 1. The van der Waals surface area contributed by atoms with E-state index in [0.29, 0.717) is 18.7 Å². The molecule has 8 heteroatoms. The zero-order chi connectivity index (χ0) is 26.1. The first-order chi connectivity index (χ1) is 17.8. The first-order valence-electron chi connectivity index (χ1n) is 11.8. The number of fused-ring (bicyclic) bond motifs is 1. The fraction of sp³-hybridized carbons (Fsp3) is 0.138. The first-order valence-corrected chi connectivity index (χ1v) is 11.8. The molecule has 0 aliphatic carbocycles. The summed E-state index contributed by atoms with van der Waals surface area (Å²) in [5.74, 6) is -1.29. The van der Waals surface area contributed by atoms with Gasteiger partial charge in [0.25, 0.3) is 11.8 Å². The average Bonchev–Trinajstić information content (AvgIpc) is 3.22. The smallest absolute Gasteiger partial charge is 0.335 e. The molecule has 1 aliphatic heterocycles. The molecule has 0 radical (unpaired) electrons. The zero-order valence-electron chi connectivity index (χ0n) is 20.3. The standard InChI is InChI=1S/C29H24FN3O4/c1-18-7-12-23(15-19(18)2)37-14-13-32-17-20(24-5-3-4-6-26(24)32)16-25-27(34)31-29(36)33(28(25)35)22-10-8-21(30)9-11-22/h3-12,15-17H,13-14H2,1-2H3,(H,31,34,36). The number of halogens is 1. The highest BCUT2D eigenvalue weighted by Crippen LogP contribution is 2.27. The Balaban J connectivity index is 1.44. The number of carbonyl (C=O) groups excluding carboxylic acids is 3. The lowest BCUT2D eigenvalue weighted by Crippen LogP contribution is -2.54. The fourth-order valence-corrected chi connectivity index (χ4v) is 4.28. The molecule has 0 bridgehead atoms. The van der Waals surface area contributed by atoms with Crippen LogP contribution < -0.4 is 15.0 Å². The van der Waals surface area contributed by atoms with Crippen molar-refractivity contribution >= 4 is 40.5 Å². The Morgan fingerprint density at radius 3 is 2.46 bits per heavy atom. The lowest BCUT2D eigenvalue weighted by Gasteiger charge is -2.26. The molecule has 37 heavy (non-hydrogen) atoms. The summed E-state index contributed by atoms with van der Waals surface area (Å²) < 4.78 is 21.3. The molecule has 1 N–H and O–H groups in total.